The summed E-state index contributed by atoms with van der Waals surface area (Å²) in [6, 6.07) is 7.60. The summed E-state index contributed by atoms with van der Waals surface area (Å²) in [6.45, 7) is 2.16. The summed E-state index contributed by atoms with van der Waals surface area (Å²) >= 11 is 0. The van der Waals surface area contributed by atoms with Crippen molar-refractivity contribution in [2.75, 3.05) is 7.11 Å². The first-order valence-electron chi connectivity index (χ1n) is 6.67. The SMILES string of the molecule is CCc1ccc(CNS(=O)(=O)c2[nH]ncc2C(=O)OC)cc1. The third-order valence-corrected chi connectivity index (χ3v) is 4.55. The van der Waals surface area contributed by atoms with Gasteiger partial charge in [0, 0.05) is 6.54 Å². The van der Waals surface area contributed by atoms with E-state index >= 15 is 0 Å². The Kier molecular flexibility index (Phi) is 4.94. The van der Waals surface area contributed by atoms with E-state index in [0.29, 0.717) is 0 Å². The monoisotopic (exact) mass is 323 g/mol. The lowest BCUT2D eigenvalue weighted by atomic mass is 10.1. The summed E-state index contributed by atoms with van der Waals surface area (Å²) in [5.74, 6) is -0.763. The van der Waals surface area contributed by atoms with Gasteiger partial charge in [-0.15, -0.1) is 0 Å². The van der Waals surface area contributed by atoms with Crippen molar-refractivity contribution in [1.82, 2.24) is 14.9 Å². The Morgan fingerprint density at radius 1 is 1.27 bits per heavy atom. The quantitative estimate of drug-likeness (QED) is 0.779. The van der Waals surface area contributed by atoms with Gasteiger partial charge in [-0.2, -0.15) is 5.10 Å². The molecular weight excluding hydrogens is 306 g/mol. The van der Waals surface area contributed by atoms with E-state index in [4.69, 9.17) is 0 Å². The maximum absolute atomic E-state index is 12.2. The number of carbonyl (C=O) groups excluding carboxylic acids is 1. The topological polar surface area (TPSA) is 101 Å². The minimum atomic E-state index is -3.89. The maximum atomic E-state index is 12.2. The molecule has 1 aromatic heterocycles. The molecule has 0 aliphatic carbocycles. The van der Waals surface area contributed by atoms with Crippen molar-refractivity contribution in [2.45, 2.75) is 24.9 Å². The molecule has 2 aromatic rings. The summed E-state index contributed by atoms with van der Waals surface area (Å²) in [5.41, 5.74) is 1.87. The van der Waals surface area contributed by atoms with Gasteiger partial charge in [-0.1, -0.05) is 31.2 Å². The highest BCUT2D eigenvalue weighted by Gasteiger charge is 2.25. The van der Waals surface area contributed by atoms with Crippen molar-refractivity contribution in [1.29, 1.82) is 0 Å². The Morgan fingerprint density at radius 2 is 1.91 bits per heavy atom. The molecule has 118 valence electrons. The normalized spacial score (nSPS) is 11.4. The number of H-pyrrole nitrogens is 1. The molecule has 0 aliphatic heterocycles. The number of nitrogens with one attached hydrogen (secondary N) is 2. The van der Waals surface area contributed by atoms with Gasteiger partial charge < -0.3 is 4.74 Å². The summed E-state index contributed by atoms with van der Waals surface area (Å²) in [4.78, 5) is 11.5. The van der Waals surface area contributed by atoms with Crippen molar-refractivity contribution in [3.05, 3.63) is 47.2 Å². The van der Waals surface area contributed by atoms with Crippen LogP contribution in [-0.4, -0.2) is 31.7 Å². The second-order valence-corrected chi connectivity index (χ2v) is 6.30. The molecule has 1 aromatic carbocycles. The van der Waals surface area contributed by atoms with Crippen LogP contribution in [0.5, 0.6) is 0 Å². The van der Waals surface area contributed by atoms with Crippen LogP contribution in [0.25, 0.3) is 0 Å². The zero-order valence-electron chi connectivity index (χ0n) is 12.3. The van der Waals surface area contributed by atoms with Crippen LogP contribution >= 0.6 is 0 Å². The molecule has 0 fully saturated rings. The van der Waals surface area contributed by atoms with Gasteiger partial charge in [-0.05, 0) is 17.5 Å². The summed E-state index contributed by atoms with van der Waals surface area (Å²) in [5, 5.41) is 5.60. The Bertz CT molecular complexity index is 751. The number of aromatic amines is 1. The lowest BCUT2D eigenvalue weighted by molar-refractivity contribution is 0.0596. The van der Waals surface area contributed by atoms with Crippen molar-refractivity contribution >= 4 is 16.0 Å². The molecule has 2 rings (SSSR count). The number of hydrogen-bond donors (Lipinski definition) is 2. The number of carbonyl (C=O) groups is 1. The molecule has 7 nitrogen and oxygen atoms in total. The third-order valence-electron chi connectivity index (χ3n) is 3.18. The van der Waals surface area contributed by atoms with Crippen LogP contribution in [0.2, 0.25) is 0 Å². The van der Waals surface area contributed by atoms with E-state index in [0.717, 1.165) is 18.2 Å². The molecule has 1 heterocycles. The second-order valence-electron chi connectivity index (χ2n) is 4.60. The van der Waals surface area contributed by atoms with E-state index < -0.39 is 16.0 Å². The highest BCUT2D eigenvalue weighted by atomic mass is 32.2. The molecule has 0 unspecified atom stereocenters. The molecule has 22 heavy (non-hydrogen) atoms. The first-order valence-corrected chi connectivity index (χ1v) is 8.15. The van der Waals surface area contributed by atoms with Crippen molar-refractivity contribution in [3.8, 4) is 0 Å². The van der Waals surface area contributed by atoms with E-state index in [1.54, 1.807) is 0 Å². The average molecular weight is 323 g/mol. The number of aromatic nitrogens is 2. The van der Waals surface area contributed by atoms with Crippen molar-refractivity contribution < 1.29 is 17.9 Å². The number of methoxy groups -OCH3 is 1. The Hall–Kier alpha value is -2.19. The number of esters is 1. The van der Waals surface area contributed by atoms with Crippen LogP contribution in [0.3, 0.4) is 0 Å². The first kappa shape index (κ1) is 16.2. The van der Waals surface area contributed by atoms with Crippen molar-refractivity contribution in [2.24, 2.45) is 0 Å². The molecule has 8 heteroatoms. The Balaban J connectivity index is 2.14. The molecule has 0 saturated heterocycles. The number of rotatable bonds is 6. The predicted molar refractivity (Wildman–Crippen MR) is 79.8 cm³/mol. The van der Waals surface area contributed by atoms with E-state index in [9.17, 15) is 13.2 Å². The number of hydrogen-bond acceptors (Lipinski definition) is 5. The molecular formula is C14H17N3O4S. The maximum Gasteiger partial charge on any atom is 0.342 e. The summed E-state index contributed by atoms with van der Waals surface area (Å²) in [6.07, 6.45) is 2.04. The zero-order valence-corrected chi connectivity index (χ0v) is 13.1. The van der Waals surface area contributed by atoms with E-state index in [-0.39, 0.29) is 17.1 Å². The minimum absolute atomic E-state index is 0.117. The lowest BCUT2D eigenvalue weighted by Crippen LogP contribution is -2.25. The Labute approximate surface area is 128 Å². The standard InChI is InChI=1S/C14H17N3O4S/c1-3-10-4-6-11(7-5-10)8-16-22(19,20)13-12(9-15-17-13)14(18)21-2/h4-7,9,16H,3,8H2,1-2H3,(H,15,17). The van der Waals surface area contributed by atoms with E-state index in [1.165, 1.54) is 12.7 Å². The number of nitrogens with zero attached hydrogens (tertiary/aromatic N) is 1. The Morgan fingerprint density at radius 3 is 2.50 bits per heavy atom. The van der Waals surface area contributed by atoms with Crippen LogP contribution in [0.4, 0.5) is 0 Å². The fourth-order valence-corrected chi connectivity index (χ4v) is 2.98. The van der Waals surface area contributed by atoms with Gasteiger partial charge in [0.1, 0.15) is 5.56 Å². The first-order chi connectivity index (χ1) is 10.5. The van der Waals surface area contributed by atoms with Crippen LogP contribution in [0.1, 0.15) is 28.4 Å². The zero-order chi connectivity index (χ0) is 16.2. The van der Waals surface area contributed by atoms with Gasteiger partial charge >= 0.3 is 5.97 Å². The number of benzene rings is 1. The number of sulfonamides is 1. The number of ether oxygens (including phenoxy) is 1. The fraction of sp³-hybridized carbons (Fsp3) is 0.286. The average Bonchev–Trinajstić information content (AvgIpc) is 3.03. The van der Waals surface area contributed by atoms with Gasteiger partial charge in [0.15, 0.2) is 5.03 Å². The largest absolute Gasteiger partial charge is 0.465 e. The summed E-state index contributed by atoms with van der Waals surface area (Å²) in [7, 11) is -2.71. The van der Waals surface area contributed by atoms with Crippen LogP contribution in [0.15, 0.2) is 35.5 Å². The van der Waals surface area contributed by atoms with Crippen LogP contribution in [-0.2, 0) is 27.7 Å². The molecule has 2 N–H and O–H groups in total. The molecule has 0 atom stereocenters. The van der Waals surface area contributed by atoms with E-state index in [1.807, 2.05) is 31.2 Å². The number of aryl methyl sites for hydroxylation is 1. The lowest BCUT2D eigenvalue weighted by Gasteiger charge is -2.07. The van der Waals surface area contributed by atoms with Gasteiger partial charge in [0.2, 0.25) is 0 Å². The highest BCUT2D eigenvalue weighted by molar-refractivity contribution is 7.89. The fourth-order valence-electron chi connectivity index (χ4n) is 1.88. The van der Waals surface area contributed by atoms with Gasteiger partial charge in [0.05, 0.1) is 13.3 Å². The smallest absolute Gasteiger partial charge is 0.342 e. The molecule has 0 amide bonds. The van der Waals surface area contributed by atoms with Gasteiger partial charge in [-0.25, -0.2) is 17.9 Å². The highest BCUT2D eigenvalue weighted by Crippen LogP contribution is 2.13. The van der Waals surface area contributed by atoms with E-state index in [2.05, 4.69) is 19.7 Å². The molecule has 0 spiro atoms. The molecule has 0 aliphatic rings. The van der Waals surface area contributed by atoms with Crippen LogP contribution < -0.4 is 4.72 Å². The summed E-state index contributed by atoms with van der Waals surface area (Å²) < 4.78 is 31.4. The minimum Gasteiger partial charge on any atom is -0.465 e. The molecule has 0 bridgehead atoms. The van der Waals surface area contributed by atoms with Gasteiger partial charge in [0.25, 0.3) is 10.0 Å². The molecule has 0 saturated carbocycles. The second kappa shape index (κ2) is 6.71. The van der Waals surface area contributed by atoms with Crippen molar-refractivity contribution in [3.63, 3.8) is 0 Å². The predicted octanol–water partition coefficient (Wildman–Crippen LogP) is 1.24. The van der Waals surface area contributed by atoms with Crippen LogP contribution in [0, 0.1) is 0 Å². The molecule has 0 radical (unpaired) electrons. The van der Waals surface area contributed by atoms with Gasteiger partial charge in [-0.3, -0.25) is 5.10 Å². The third kappa shape index (κ3) is 3.52.